The first-order valence-electron chi connectivity index (χ1n) is 4.94. The van der Waals surface area contributed by atoms with E-state index in [4.69, 9.17) is 5.11 Å². The van der Waals surface area contributed by atoms with Crippen LogP contribution in [0, 0.1) is 11.6 Å². The van der Waals surface area contributed by atoms with Crippen molar-refractivity contribution in [2.24, 2.45) is 0 Å². The highest BCUT2D eigenvalue weighted by Crippen LogP contribution is 2.23. The molecule has 1 unspecified atom stereocenters. The predicted molar refractivity (Wildman–Crippen MR) is 56.7 cm³/mol. The van der Waals surface area contributed by atoms with Gasteiger partial charge in [-0.15, -0.1) is 0 Å². The number of rotatable bonds is 3. The lowest BCUT2D eigenvalue weighted by atomic mass is 10.1. The fraction of sp³-hybridized carbons (Fsp3) is 0.364. The van der Waals surface area contributed by atoms with Gasteiger partial charge in [0.1, 0.15) is 22.9 Å². The number of carbonyl (C=O) groups is 1. The molecule has 0 saturated heterocycles. The number of hydrogen-bond donors (Lipinski definition) is 2. The topological polar surface area (TPSA) is 60.8 Å². The van der Waals surface area contributed by atoms with Crippen molar-refractivity contribution in [3.63, 3.8) is 0 Å². The van der Waals surface area contributed by atoms with Crippen molar-refractivity contribution in [3.05, 3.63) is 29.3 Å². The molecule has 2 N–H and O–H groups in total. The molecule has 0 aliphatic heterocycles. The number of aliphatic hydroxyl groups is 1. The summed E-state index contributed by atoms with van der Waals surface area (Å²) in [6, 6.07) is 0.643. The van der Waals surface area contributed by atoms with Crippen LogP contribution in [0.3, 0.4) is 0 Å². The molecule has 0 bridgehead atoms. The number of benzene rings is 1. The quantitative estimate of drug-likeness (QED) is 0.839. The summed E-state index contributed by atoms with van der Waals surface area (Å²) < 4.78 is 26.1. The molecule has 0 radical (unpaired) electrons. The monoisotopic (exact) mass is 245 g/mol. The number of carbonyl (C=O) groups excluding carboxylic acids is 1. The fourth-order valence-corrected chi connectivity index (χ4v) is 1.27. The molecule has 6 heteroatoms. The van der Waals surface area contributed by atoms with E-state index in [1.807, 2.05) is 0 Å². The van der Waals surface area contributed by atoms with Gasteiger partial charge in [-0.2, -0.15) is 0 Å². The summed E-state index contributed by atoms with van der Waals surface area (Å²) in [5, 5.41) is 18.2. The average Bonchev–Trinajstić information content (AvgIpc) is 2.25. The highest BCUT2D eigenvalue weighted by atomic mass is 19.1. The van der Waals surface area contributed by atoms with Gasteiger partial charge in [0.15, 0.2) is 0 Å². The second-order valence-corrected chi connectivity index (χ2v) is 3.73. The first-order valence-corrected chi connectivity index (χ1v) is 4.94. The van der Waals surface area contributed by atoms with Crippen molar-refractivity contribution in [1.29, 1.82) is 0 Å². The van der Waals surface area contributed by atoms with Crippen LogP contribution in [0.15, 0.2) is 12.1 Å². The standard InChI is InChI=1S/C11H13F2NO3/c1-6(5-15)14(2)11(17)10-8(13)3-7(12)4-9(10)16/h3-4,6,15-16H,5H2,1-2H3. The van der Waals surface area contributed by atoms with E-state index >= 15 is 0 Å². The number of phenolic OH excluding ortho intramolecular Hbond substituents is 1. The Bertz CT molecular complexity index is 414. The lowest BCUT2D eigenvalue weighted by Crippen LogP contribution is -2.37. The molecule has 1 amide bonds. The van der Waals surface area contributed by atoms with Gasteiger partial charge in [0.2, 0.25) is 0 Å². The van der Waals surface area contributed by atoms with Gasteiger partial charge < -0.3 is 15.1 Å². The van der Waals surface area contributed by atoms with Crippen molar-refractivity contribution in [2.45, 2.75) is 13.0 Å². The van der Waals surface area contributed by atoms with Gasteiger partial charge in [0.05, 0.1) is 12.6 Å². The van der Waals surface area contributed by atoms with Crippen molar-refractivity contribution >= 4 is 5.91 Å². The number of amides is 1. The minimum Gasteiger partial charge on any atom is -0.507 e. The molecule has 4 nitrogen and oxygen atoms in total. The second kappa shape index (κ2) is 5.09. The second-order valence-electron chi connectivity index (χ2n) is 3.73. The zero-order valence-corrected chi connectivity index (χ0v) is 9.44. The smallest absolute Gasteiger partial charge is 0.260 e. The van der Waals surface area contributed by atoms with Crippen LogP contribution in [-0.2, 0) is 0 Å². The van der Waals surface area contributed by atoms with Crippen LogP contribution in [0.25, 0.3) is 0 Å². The SMILES string of the molecule is CC(CO)N(C)C(=O)c1c(O)cc(F)cc1F. The lowest BCUT2D eigenvalue weighted by Gasteiger charge is -2.23. The highest BCUT2D eigenvalue weighted by molar-refractivity contribution is 5.97. The van der Waals surface area contributed by atoms with Gasteiger partial charge in [-0.25, -0.2) is 8.78 Å². The molecular weight excluding hydrogens is 232 g/mol. The summed E-state index contributed by atoms with van der Waals surface area (Å²) in [6.07, 6.45) is 0. The third-order valence-corrected chi connectivity index (χ3v) is 2.49. The Labute approximate surface area is 97.1 Å². The minimum absolute atomic E-state index is 0.300. The molecule has 1 atom stereocenters. The number of likely N-dealkylation sites (N-methyl/N-ethyl adjacent to an activating group) is 1. The highest BCUT2D eigenvalue weighted by Gasteiger charge is 2.24. The number of aliphatic hydroxyl groups excluding tert-OH is 1. The third kappa shape index (κ3) is 2.71. The van der Waals surface area contributed by atoms with Crippen LogP contribution in [0.2, 0.25) is 0 Å². The van der Waals surface area contributed by atoms with E-state index in [9.17, 15) is 18.7 Å². The van der Waals surface area contributed by atoms with Crippen LogP contribution in [0.1, 0.15) is 17.3 Å². The van der Waals surface area contributed by atoms with E-state index in [2.05, 4.69) is 0 Å². The first kappa shape index (κ1) is 13.4. The molecular formula is C11H13F2NO3. The molecule has 0 aromatic heterocycles. The Morgan fingerprint density at radius 3 is 2.53 bits per heavy atom. The van der Waals surface area contributed by atoms with Crippen molar-refractivity contribution in [2.75, 3.05) is 13.7 Å². The molecule has 0 spiro atoms. The van der Waals surface area contributed by atoms with E-state index in [1.165, 1.54) is 7.05 Å². The molecule has 0 heterocycles. The summed E-state index contributed by atoms with van der Waals surface area (Å²) >= 11 is 0. The van der Waals surface area contributed by atoms with Crippen LogP contribution in [0.4, 0.5) is 8.78 Å². The zero-order chi connectivity index (χ0) is 13.2. The molecule has 0 saturated carbocycles. The van der Waals surface area contributed by atoms with Crippen molar-refractivity contribution < 1.29 is 23.8 Å². The Hall–Kier alpha value is -1.69. The molecule has 17 heavy (non-hydrogen) atoms. The average molecular weight is 245 g/mol. The maximum atomic E-state index is 13.4. The maximum absolute atomic E-state index is 13.4. The Balaban J connectivity index is 3.13. The van der Waals surface area contributed by atoms with E-state index in [0.717, 1.165) is 4.90 Å². The number of hydrogen-bond acceptors (Lipinski definition) is 3. The van der Waals surface area contributed by atoms with Gasteiger partial charge in [-0.3, -0.25) is 4.79 Å². The molecule has 1 aromatic rings. The largest absolute Gasteiger partial charge is 0.507 e. The summed E-state index contributed by atoms with van der Waals surface area (Å²) in [6.45, 7) is 1.25. The van der Waals surface area contributed by atoms with Gasteiger partial charge in [0, 0.05) is 19.2 Å². The van der Waals surface area contributed by atoms with Crippen LogP contribution in [-0.4, -0.2) is 40.7 Å². The molecule has 1 rings (SSSR count). The van der Waals surface area contributed by atoms with Gasteiger partial charge >= 0.3 is 0 Å². The summed E-state index contributed by atoms with van der Waals surface area (Å²) in [4.78, 5) is 12.9. The van der Waals surface area contributed by atoms with Crippen LogP contribution < -0.4 is 0 Å². The Morgan fingerprint density at radius 2 is 2.06 bits per heavy atom. The molecule has 0 fully saturated rings. The fourth-order valence-electron chi connectivity index (χ4n) is 1.27. The molecule has 94 valence electrons. The summed E-state index contributed by atoms with van der Waals surface area (Å²) in [5.74, 6) is -3.68. The number of halogens is 2. The van der Waals surface area contributed by atoms with Gasteiger partial charge in [0.25, 0.3) is 5.91 Å². The number of nitrogens with zero attached hydrogens (tertiary/aromatic N) is 1. The van der Waals surface area contributed by atoms with Crippen LogP contribution in [0.5, 0.6) is 5.75 Å². The zero-order valence-electron chi connectivity index (χ0n) is 9.44. The Morgan fingerprint density at radius 1 is 1.47 bits per heavy atom. The number of phenols is 1. The lowest BCUT2D eigenvalue weighted by molar-refractivity contribution is 0.0674. The molecule has 0 aliphatic rings. The Kier molecular flexibility index (Phi) is 4.01. The van der Waals surface area contributed by atoms with E-state index < -0.39 is 34.9 Å². The normalized spacial score (nSPS) is 12.3. The maximum Gasteiger partial charge on any atom is 0.260 e. The summed E-state index contributed by atoms with van der Waals surface area (Å²) in [5.41, 5.74) is -0.603. The molecule has 0 aliphatic carbocycles. The third-order valence-electron chi connectivity index (χ3n) is 2.49. The predicted octanol–water partition coefficient (Wildman–Crippen LogP) is 1.12. The first-order chi connectivity index (χ1) is 7.88. The van der Waals surface area contributed by atoms with Crippen LogP contribution >= 0.6 is 0 Å². The van der Waals surface area contributed by atoms with Gasteiger partial charge in [-0.1, -0.05) is 0 Å². The van der Waals surface area contributed by atoms with E-state index in [1.54, 1.807) is 6.92 Å². The molecule has 1 aromatic carbocycles. The number of aromatic hydroxyl groups is 1. The van der Waals surface area contributed by atoms with Crippen molar-refractivity contribution in [3.8, 4) is 5.75 Å². The van der Waals surface area contributed by atoms with E-state index in [0.29, 0.717) is 12.1 Å². The summed E-state index contributed by atoms with van der Waals surface area (Å²) in [7, 11) is 1.35. The van der Waals surface area contributed by atoms with Crippen molar-refractivity contribution in [1.82, 2.24) is 4.90 Å². The van der Waals surface area contributed by atoms with Gasteiger partial charge in [-0.05, 0) is 6.92 Å². The van der Waals surface area contributed by atoms with E-state index in [-0.39, 0.29) is 6.61 Å². The minimum atomic E-state index is -1.13.